The van der Waals surface area contributed by atoms with Crippen LogP contribution in [0.15, 0.2) is 46.9 Å². The number of hydrogen-bond donors (Lipinski definition) is 1. The molecule has 3 aliphatic rings. The minimum atomic E-state index is -1.31. The molecule has 158 valence electrons. The van der Waals surface area contributed by atoms with Crippen LogP contribution in [-0.2, 0) is 10.3 Å². The van der Waals surface area contributed by atoms with Gasteiger partial charge in [-0.15, -0.1) is 6.42 Å². The summed E-state index contributed by atoms with van der Waals surface area (Å²) in [5.74, 6) is 2.27. The van der Waals surface area contributed by atoms with E-state index in [9.17, 15) is 14.9 Å². The third-order valence-electron chi connectivity index (χ3n) is 6.75. The van der Waals surface area contributed by atoms with Crippen molar-refractivity contribution < 1.29 is 14.5 Å². The molecule has 0 aromatic heterocycles. The molecule has 31 heavy (non-hydrogen) atoms. The lowest BCUT2D eigenvalue weighted by Crippen LogP contribution is -2.55. The van der Waals surface area contributed by atoms with Gasteiger partial charge in [-0.1, -0.05) is 30.2 Å². The van der Waals surface area contributed by atoms with Crippen LogP contribution in [0.3, 0.4) is 0 Å². The Bertz CT molecular complexity index is 1130. The van der Waals surface area contributed by atoms with Gasteiger partial charge in [-0.3, -0.25) is 19.8 Å². The highest BCUT2D eigenvalue weighted by atomic mass is 79.9. The number of rotatable bonds is 4. The number of para-hydroxylation sites is 1. The molecule has 1 amide bonds. The van der Waals surface area contributed by atoms with Crippen molar-refractivity contribution in [1.29, 1.82) is 0 Å². The lowest BCUT2D eigenvalue weighted by atomic mass is 9.77. The third kappa shape index (κ3) is 2.73. The van der Waals surface area contributed by atoms with E-state index in [0.717, 1.165) is 18.4 Å². The molecule has 0 aliphatic carbocycles. The van der Waals surface area contributed by atoms with E-state index >= 15 is 0 Å². The molecule has 0 bridgehead atoms. The van der Waals surface area contributed by atoms with E-state index in [1.54, 1.807) is 6.07 Å². The second-order valence-electron chi connectivity index (χ2n) is 8.11. The van der Waals surface area contributed by atoms with Gasteiger partial charge in [0.05, 0.1) is 10.4 Å². The summed E-state index contributed by atoms with van der Waals surface area (Å²) < 4.78 is 6.21. The summed E-state index contributed by atoms with van der Waals surface area (Å²) in [4.78, 5) is 27.8. The zero-order chi connectivity index (χ0) is 21.8. The Morgan fingerprint density at radius 3 is 2.90 bits per heavy atom. The summed E-state index contributed by atoms with van der Waals surface area (Å²) in [7, 11) is 0. The van der Waals surface area contributed by atoms with Crippen LogP contribution in [0.1, 0.15) is 29.9 Å². The first-order valence-electron chi connectivity index (χ1n) is 10.2. The number of hydrogen-bond acceptors (Lipinski definition) is 5. The molecule has 3 aliphatic heterocycles. The summed E-state index contributed by atoms with van der Waals surface area (Å²) in [6.45, 7) is 0.785. The lowest BCUT2D eigenvalue weighted by Gasteiger charge is -2.32. The summed E-state index contributed by atoms with van der Waals surface area (Å²) in [5.41, 5.74) is 0.860. The Kier molecular flexibility index (Phi) is 4.76. The molecule has 0 unspecified atom stereocenters. The Morgan fingerprint density at radius 2 is 2.16 bits per heavy atom. The molecular formula is C23H20BrN3O4. The van der Waals surface area contributed by atoms with E-state index in [2.05, 4.69) is 32.1 Å². The van der Waals surface area contributed by atoms with Crippen LogP contribution < -0.4 is 10.1 Å². The van der Waals surface area contributed by atoms with Crippen LogP contribution in [0.2, 0.25) is 0 Å². The predicted molar refractivity (Wildman–Crippen MR) is 118 cm³/mol. The van der Waals surface area contributed by atoms with Gasteiger partial charge in [-0.2, -0.15) is 0 Å². The van der Waals surface area contributed by atoms with Gasteiger partial charge >= 0.3 is 0 Å². The van der Waals surface area contributed by atoms with Gasteiger partial charge in [0.25, 0.3) is 11.9 Å². The first-order valence-corrected chi connectivity index (χ1v) is 11.0. The van der Waals surface area contributed by atoms with Gasteiger partial charge in [0, 0.05) is 28.8 Å². The number of ether oxygens (including phenoxy) is 1. The largest absolute Gasteiger partial charge is 0.480 e. The van der Waals surface area contributed by atoms with Crippen LogP contribution in [0.25, 0.3) is 0 Å². The van der Waals surface area contributed by atoms with Gasteiger partial charge in [-0.05, 0) is 52.5 Å². The van der Waals surface area contributed by atoms with E-state index in [1.165, 1.54) is 0 Å². The van der Waals surface area contributed by atoms with Gasteiger partial charge in [0.1, 0.15) is 12.4 Å². The van der Waals surface area contributed by atoms with Crippen molar-refractivity contribution in [2.24, 2.45) is 0 Å². The lowest BCUT2D eigenvalue weighted by molar-refractivity contribution is -0.534. The molecule has 0 radical (unpaired) electrons. The number of nitro groups is 1. The van der Waals surface area contributed by atoms with Crippen molar-refractivity contribution >= 4 is 27.5 Å². The van der Waals surface area contributed by atoms with Crippen molar-refractivity contribution in [2.75, 3.05) is 18.5 Å². The van der Waals surface area contributed by atoms with E-state index < -0.39 is 17.5 Å². The predicted octanol–water partition coefficient (Wildman–Crippen LogP) is 3.52. The molecule has 5 rings (SSSR count). The van der Waals surface area contributed by atoms with Crippen molar-refractivity contribution in [3.05, 3.63) is 68.2 Å². The minimum Gasteiger partial charge on any atom is -0.480 e. The molecule has 1 spiro atoms. The first kappa shape index (κ1) is 20.0. The summed E-state index contributed by atoms with van der Waals surface area (Å²) in [5, 5.41) is 15.5. The fourth-order valence-corrected chi connectivity index (χ4v) is 6.25. The Balaban J connectivity index is 1.66. The van der Waals surface area contributed by atoms with Crippen molar-refractivity contribution in [2.45, 2.75) is 36.4 Å². The highest BCUT2D eigenvalue weighted by molar-refractivity contribution is 9.10. The number of carbonyl (C=O) groups is 1. The van der Waals surface area contributed by atoms with Crippen LogP contribution in [0.4, 0.5) is 5.69 Å². The quantitative estimate of drug-likeness (QED) is 0.410. The SMILES string of the molecule is C#CCOc1ccc([C@@H]2[C@@H]3CCCN3[C@]3(C(=O)Nc4ccccc43)[C@@H]2[N+](=O)[O-])cc1Br. The molecule has 2 aromatic rings. The molecule has 8 heteroatoms. The number of nitrogens with zero attached hydrogens (tertiary/aromatic N) is 2. The number of carbonyl (C=O) groups excluding carboxylic acids is 1. The van der Waals surface area contributed by atoms with Crippen molar-refractivity contribution in [1.82, 2.24) is 4.90 Å². The highest BCUT2D eigenvalue weighted by Gasteiger charge is 2.73. The minimum absolute atomic E-state index is 0.100. The molecule has 2 saturated heterocycles. The number of anilines is 1. The highest BCUT2D eigenvalue weighted by Crippen LogP contribution is 2.58. The van der Waals surface area contributed by atoms with Gasteiger partial charge in [-0.25, -0.2) is 0 Å². The summed E-state index contributed by atoms with van der Waals surface area (Å²) in [6, 6.07) is 11.6. The molecule has 2 aromatic carbocycles. The van der Waals surface area contributed by atoms with Gasteiger partial charge in [0.15, 0.2) is 5.54 Å². The number of nitrogens with one attached hydrogen (secondary N) is 1. The summed E-state index contributed by atoms with van der Waals surface area (Å²) in [6.07, 6.45) is 6.98. The zero-order valence-electron chi connectivity index (χ0n) is 16.6. The maximum atomic E-state index is 13.4. The smallest absolute Gasteiger partial charge is 0.256 e. The fourth-order valence-electron chi connectivity index (χ4n) is 5.74. The van der Waals surface area contributed by atoms with Crippen LogP contribution in [0.5, 0.6) is 5.75 Å². The van der Waals surface area contributed by atoms with E-state index in [-0.39, 0.29) is 23.5 Å². The Labute approximate surface area is 188 Å². The number of terminal acetylenes is 1. The maximum absolute atomic E-state index is 13.4. The second-order valence-corrected chi connectivity index (χ2v) is 8.96. The molecular weight excluding hydrogens is 462 g/mol. The molecule has 7 nitrogen and oxygen atoms in total. The zero-order valence-corrected chi connectivity index (χ0v) is 18.2. The molecule has 3 heterocycles. The number of benzene rings is 2. The average molecular weight is 482 g/mol. The third-order valence-corrected chi connectivity index (χ3v) is 7.37. The summed E-state index contributed by atoms with van der Waals surface area (Å²) >= 11 is 3.51. The normalized spacial score (nSPS) is 28.8. The second kappa shape index (κ2) is 7.36. The van der Waals surface area contributed by atoms with E-state index in [1.807, 2.05) is 36.4 Å². The first-order chi connectivity index (χ1) is 15.0. The number of fused-ring (bicyclic) bond motifs is 4. The van der Waals surface area contributed by atoms with Crippen LogP contribution >= 0.6 is 15.9 Å². The number of amides is 1. The van der Waals surface area contributed by atoms with Crippen LogP contribution in [0, 0.1) is 22.5 Å². The molecule has 1 N–H and O–H groups in total. The topological polar surface area (TPSA) is 84.7 Å². The van der Waals surface area contributed by atoms with E-state index in [0.29, 0.717) is 28.0 Å². The van der Waals surface area contributed by atoms with Crippen LogP contribution in [-0.4, -0.2) is 41.0 Å². The van der Waals surface area contributed by atoms with E-state index in [4.69, 9.17) is 11.2 Å². The van der Waals surface area contributed by atoms with Crippen molar-refractivity contribution in [3.8, 4) is 18.1 Å². The monoisotopic (exact) mass is 481 g/mol. The average Bonchev–Trinajstić information content (AvgIpc) is 3.40. The standard InChI is InChI=1S/C23H20BrN3O4/c1-2-12-31-19-10-9-14(13-16(19)24)20-18-8-5-11-26(18)23(21(20)27(29)30)15-6-3-4-7-17(15)25-22(23)28/h1,3-4,6-7,9-10,13,18,20-21H,5,8,11-12H2,(H,25,28)/t18-,20+,21+,23-/m0/s1. The molecule has 0 saturated carbocycles. The number of halogens is 1. The molecule has 2 fully saturated rings. The Hall–Kier alpha value is -2.89. The van der Waals surface area contributed by atoms with Crippen molar-refractivity contribution in [3.63, 3.8) is 0 Å². The van der Waals surface area contributed by atoms with Gasteiger partial charge < -0.3 is 10.1 Å². The maximum Gasteiger partial charge on any atom is 0.256 e. The fraction of sp³-hybridized carbons (Fsp3) is 0.348. The Morgan fingerprint density at radius 1 is 1.35 bits per heavy atom. The molecule has 4 atom stereocenters. The van der Waals surface area contributed by atoms with Gasteiger partial charge in [0.2, 0.25) is 0 Å².